The first-order valence-corrected chi connectivity index (χ1v) is 4.60. The average Bonchev–Trinajstić information content (AvgIpc) is 2.31. The molecule has 0 unspecified atom stereocenters. The fraction of sp³-hybridized carbons (Fsp3) is 0.556. The predicted molar refractivity (Wildman–Crippen MR) is 52.1 cm³/mol. The van der Waals surface area contributed by atoms with Crippen LogP contribution in [-0.2, 0) is 13.5 Å². The minimum Gasteiger partial charge on any atom is -0.296 e. The molecule has 1 aromatic heterocycles. The lowest BCUT2D eigenvalue weighted by molar-refractivity contribution is 0.111. The molecule has 0 spiro atoms. The molecule has 0 aromatic carbocycles. The van der Waals surface area contributed by atoms with Crippen molar-refractivity contribution in [3.8, 4) is 0 Å². The zero-order valence-electron chi connectivity index (χ0n) is 8.04. The minimum absolute atomic E-state index is 0.333. The Morgan fingerprint density at radius 2 is 2.23 bits per heavy atom. The number of aldehydes is 1. The molecule has 0 N–H and O–H groups in total. The Bertz CT molecular complexity index is 318. The second-order valence-corrected chi connectivity index (χ2v) is 3.86. The minimum atomic E-state index is 0.333. The summed E-state index contributed by atoms with van der Waals surface area (Å²) in [7, 11) is 1.80. The van der Waals surface area contributed by atoms with E-state index < -0.39 is 0 Å². The summed E-state index contributed by atoms with van der Waals surface area (Å²) >= 11 is 5.96. The van der Waals surface area contributed by atoms with E-state index in [1.165, 1.54) is 0 Å². The average molecular weight is 201 g/mol. The van der Waals surface area contributed by atoms with Gasteiger partial charge in [0.2, 0.25) is 0 Å². The van der Waals surface area contributed by atoms with Crippen LogP contribution in [0, 0.1) is 5.92 Å². The monoisotopic (exact) mass is 200 g/mol. The third kappa shape index (κ3) is 2.10. The highest BCUT2D eigenvalue weighted by Gasteiger charge is 2.14. The first-order chi connectivity index (χ1) is 6.06. The lowest BCUT2D eigenvalue weighted by Crippen LogP contribution is -2.02. The molecule has 1 heterocycles. The van der Waals surface area contributed by atoms with Crippen LogP contribution in [0.1, 0.15) is 30.0 Å². The number of nitrogens with zero attached hydrogens (tertiary/aromatic N) is 2. The van der Waals surface area contributed by atoms with E-state index in [9.17, 15) is 4.79 Å². The van der Waals surface area contributed by atoms with Crippen molar-refractivity contribution in [1.82, 2.24) is 9.78 Å². The van der Waals surface area contributed by atoms with Crippen LogP contribution in [0.5, 0.6) is 0 Å². The lowest BCUT2D eigenvalue weighted by Gasteiger charge is -2.04. The van der Waals surface area contributed by atoms with E-state index in [1.807, 2.05) is 0 Å². The maximum Gasteiger partial charge on any atom is 0.171 e. The van der Waals surface area contributed by atoms with Gasteiger partial charge in [-0.1, -0.05) is 25.4 Å². The van der Waals surface area contributed by atoms with Gasteiger partial charge in [0, 0.05) is 7.05 Å². The molecular weight excluding hydrogens is 188 g/mol. The van der Waals surface area contributed by atoms with Gasteiger partial charge in [-0.3, -0.25) is 9.48 Å². The topological polar surface area (TPSA) is 34.9 Å². The number of aromatic nitrogens is 2. The van der Waals surface area contributed by atoms with Crippen LogP contribution in [0.2, 0.25) is 5.02 Å². The molecule has 0 bridgehead atoms. The Balaban J connectivity index is 3.05. The van der Waals surface area contributed by atoms with E-state index in [2.05, 4.69) is 18.9 Å². The van der Waals surface area contributed by atoms with Crippen LogP contribution >= 0.6 is 11.6 Å². The molecule has 0 aliphatic rings. The lowest BCUT2D eigenvalue weighted by atomic mass is 10.1. The van der Waals surface area contributed by atoms with E-state index >= 15 is 0 Å². The van der Waals surface area contributed by atoms with Crippen LogP contribution < -0.4 is 0 Å². The molecule has 0 saturated carbocycles. The molecule has 0 fully saturated rings. The Morgan fingerprint density at radius 1 is 1.62 bits per heavy atom. The van der Waals surface area contributed by atoms with Gasteiger partial charge >= 0.3 is 0 Å². The summed E-state index contributed by atoms with van der Waals surface area (Å²) in [5.74, 6) is 0.507. The van der Waals surface area contributed by atoms with Crippen molar-refractivity contribution < 1.29 is 4.79 Å². The zero-order chi connectivity index (χ0) is 10.0. The molecule has 13 heavy (non-hydrogen) atoms. The van der Waals surface area contributed by atoms with E-state index in [1.54, 1.807) is 11.7 Å². The number of halogens is 1. The van der Waals surface area contributed by atoms with E-state index in [0.29, 0.717) is 22.9 Å². The highest BCUT2D eigenvalue weighted by molar-refractivity contribution is 6.33. The molecule has 0 atom stereocenters. The molecule has 3 nitrogen and oxygen atoms in total. The number of hydrogen-bond acceptors (Lipinski definition) is 2. The SMILES string of the molecule is CC(C)Cc1c(Cl)c(C=O)nn1C. The quantitative estimate of drug-likeness (QED) is 0.701. The van der Waals surface area contributed by atoms with Gasteiger partial charge in [0.25, 0.3) is 0 Å². The van der Waals surface area contributed by atoms with E-state index in [4.69, 9.17) is 11.6 Å². The number of carbonyl (C=O) groups excluding carboxylic acids is 1. The number of carbonyl (C=O) groups is 1. The van der Waals surface area contributed by atoms with Gasteiger partial charge in [-0.15, -0.1) is 0 Å². The normalized spacial score (nSPS) is 10.8. The Hall–Kier alpha value is -0.830. The van der Waals surface area contributed by atoms with E-state index in [0.717, 1.165) is 12.1 Å². The van der Waals surface area contributed by atoms with Crippen molar-refractivity contribution in [1.29, 1.82) is 0 Å². The van der Waals surface area contributed by atoms with Crippen molar-refractivity contribution >= 4 is 17.9 Å². The second kappa shape index (κ2) is 3.92. The number of hydrogen-bond donors (Lipinski definition) is 0. The summed E-state index contributed by atoms with van der Waals surface area (Å²) in [6, 6.07) is 0. The summed E-state index contributed by atoms with van der Waals surface area (Å²) in [5, 5.41) is 4.49. The van der Waals surface area contributed by atoms with Crippen molar-refractivity contribution in [2.24, 2.45) is 13.0 Å². The summed E-state index contributed by atoms with van der Waals surface area (Å²) in [6.07, 6.45) is 1.53. The molecule has 0 saturated heterocycles. The molecule has 0 radical (unpaired) electrons. The summed E-state index contributed by atoms with van der Waals surface area (Å²) in [6.45, 7) is 4.20. The van der Waals surface area contributed by atoms with Crippen LogP contribution in [0.25, 0.3) is 0 Å². The number of rotatable bonds is 3. The molecule has 1 aromatic rings. The van der Waals surface area contributed by atoms with Crippen molar-refractivity contribution in [3.63, 3.8) is 0 Å². The molecule has 0 aliphatic heterocycles. The fourth-order valence-electron chi connectivity index (χ4n) is 1.24. The second-order valence-electron chi connectivity index (χ2n) is 3.49. The third-order valence-corrected chi connectivity index (χ3v) is 2.25. The number of aryl methyl sites for hydroxylation is 1. The Labute approximate surface area is 82.7 Å². The van der Waals surface area contributed by atoms with Crippen LogP contribution in [0.15, 0.2) is 0 Å². The highest BCUT2D eigenvalue weighted by atomic mass is 35.5. The standard InChI is InChI=1S/C9H13ClN2O/c1-6(2)4-8-9(10)7(5-13)11-12(8)3/h5-6H,4H2,1-3H3. The molecular formula is C9H13ClN2O. The van der Waals surface area contributed by atoms with Gasteiger partial charge < -0.3 is 0 Å². The van der Waals surface area contributed by atoms with Gasteiger partial charge in [0.05, 0.1) is 10.7 Å². The predicted octanol–water partition coefficient (Wildman–Crippen LogP) is 2.08. The van der Waals surface area contributed by atoms with Gasteiger partial charge in [-0.2, -0.15) is 5.10 Å². The van der Waals surface area contributed by atoms with E-state index in [-0.39, 0.29) is 0 Å². The smallest absolute Gasteiger partial charge is 0.171 e. The fourth-order valence-corrected chi connectivity index (χ4v) is 1.52. The van der Waals surface area contributed by atoms with Crippen LogP contribution in [0.4, 0.5) is 0 Å². The van der Waals surface area contributed by atoms with Gasteiger partial charge in [-0.25, -0.2) is 0 Å². The van der Waals surface area contributed by atoms with Crippen molar-refractivity contribution in [2.75, 3.05) is 0 Å². The summed E-state index contributed by atoms with van der Waals surface area (Å²) < 4.78 is 1.67. The molecule has 1 rings (SSSR count). The Kier molecular flexibility index (Phi) is 3.09. The maximum atomic E-state index is 10.5. The van der Waals surface area contributed by atoms with Gasteiger partial charge in [0.1, 0.15) is 5.69 Å². The molecule has 0 aliphatic carbocycles. The third-order valence-electron chi connectivity index (χ3n) is 1.84. The molecule has 0 amide bonds. The highest BCUT2D eigenvalue weighted by Crippen LogP contribution is 2.21. The Morgan fingerprint density at radius 3 is 2.62 bits per heavy atom. The zero-order valence-corrected chi connectivity index (χ0v) is 8.80. The van der Waals surface area contributed by atoms with Crippen molar-refractivity contribution in [2.45, 2.75) is 20.3 Å². The largest absolute Gasteiger partial charge is 0.296 e. The molecule has 72 valence electrons. The van der Waals surface area contributed by atoms with Crippen LogP contribution in [-0.4, -0.2) is 16.1 Å². The van der Waals surface area contributed by atoms with Gasteiger partial charge in [-0.05, 0) is 12.3 Å². The summed E-state index contributed by atoms with van der Waals surface area (Å²) in [4.78, 5) is 10.5. The van der Waals surface area contributed by atoms with Gasteiger partial charge in [0.15, 0.2) is 6.29 Å². The summed E-state index contributed by atoms with van der Waals surface area (Å²) in [5.41, 5.74) is 1.26. The first-order valence-electron chi connectivity index (χ1n) is 4.22. The maximum absolute atomic E-state index is 10.5. The first kappa shape index (κ1) is 10.3. The van der Waals surface area contributed by atoms with Crippen molar-refractivity contribution in [3.05, 3.63) is 16.4 Å². The molecule has 4 heteroatoms. The van der Waals surface area contributed by atoms with Crippen LogP contribution in [0.3, 0.4) is 0 Å².